The summed E-state index contributed by atoms with van der Waals surface area (Å²) in [4.78, 5) is 16.0. The Bertz CT molecular complexity index is 566. The van der Waals surface area contributed by atoms with Crippen LogP contribution in [0.15, 0.2) is 48.7 Å². The molecule has 0 radical (unpaired) electrons. The minimum atomic E-state index is -0.194. The van der Waals surface area contributed by atoms with E-state index in [1.54, 1.807) is 24.4 Å². The molecule has 1 aromatic heterocycles. The van der Waals surface area contributed by atoms with E-state index in [0.29, 0.717) is 11.7 Å². The van der Waals surface area contributed by atoms with Crippen molar-refractivity contribution in [2.75, 3.05) is 11.9 Å². The molecule has 0 saturated heterocycles. The highest BCUT2D eigenvalue weighted by molar-refractivity contribution is 6.02. The van der Waals surface area contributed by atoms with Crippen molar-refractivity contribution in [3.8, 4) is 0 Å². The van der Waals surface area contributed by atoms with Gasteiger partial charge in [-0.05, 0) is 49.7 Å². The van der Waals surface area contributed by atoms with E-state index in [9.17, 15) is 4.79 Å². The number of carbonyl (C=O) groups is 1. The number of hydrogen-bond donors (Lipinski definition) is 2. The van der Waals surface area contributed by atoms with Gasteiger partial charge in [0.2, 0.25) is 0 Å². The second kappa shape index (κ2) is 7.55. The summed E-state index contributed by atoms with van der Waals surface area (Å²) >= 11 is 0. The molecule has 0 spiro atoms. The first-order chi connectivity index (χ1) is 10.2. The Hall–Kier alpha value is -2.20. The van der Waals surface area contributed by atoms with E-state index in [-0.39, 0.29) is 5.91 Å². The average Bonchev–Trinajstić information content (AvgIpc) is 2.54. The Kier molecular flexibility index (Phi) is 5.46. The largest absolute Gasteiger partial charge is 0.321 e. The van der Waals surface area contributed by atoms with Crippen molar-refractivity contribution in [1.82, 2.24) is 10.3 Å². The molecule has 2 rings (SSSR count). The standard InChI is InChI=1S/C17H21N3O/c1-3-11-18-13(2)14-7-9-15(10-8-14)20-17(21)16-6-4-5-12-19-16/h4-10,12-13,18H,3,11H2,1-2H3,(H,20,21). The zero-order chi connectivity index (χ0) is 15.1. The number of nitrogens with one attached hydrogen (secondary N) is 2. The van der Waals surface area contributed by atoms with Gasteiger partial charge in [-0.3, -0.25) is 9.78 Å². The Morgan fingerprint density at radius 1 is 1.19 bits per heavy atom. The van der Waals surface area contributed by atoms with E-state index < -0.39 is 0 Å². The molecule has 0 aliphatic heterocycles. The number of hydrogen-bond acceptors (Lipinski definition) is 3. The van der Waals surface area contributed by atoms with Gasteiger partial charge in [0.15, 0.2) is 0 Å². The van der Waals surface area contributed by atoms with Crippen LogP contribution in [0.1, 0.15) is 42.4 Å². The van der Waals surface area contributed by atoms with Crippen LogP contribution in [0.2, 0.25) is 0 Å². The van der Waals surface area contributed by atoms with Crippen LogP contribution in [0.3, 0.4) is 0 Å². The van der Waals surface area contributed by atoms with Crippen molar-refractivity contribution < 1.29 is 4.79 Å². The monoisotopic (exact) mass is 283 g/mol. The average molecular weight is 283 g/mol. The lowest BCUT2D eigenvalue weighted by molar-refractivity contribution is 0.102. The van der Waals surface area contributed by atoms with E-state index >= 15 is 0 Å². The lowest BCUT2D eigenvalue weighted by atomic mass is 10.1. The fourth-order valence-corrected chi connectivity index (χ4v) is 2.03. The van der Waals surface area contributed by atoms with E-state index in [0.717, 1.165) is 18.7 Å². The predicted octanol–water partition coefficient (Wildman–Crippen LogP) is 3.39. The highest BCUT2D eigenvalue weighted by atomic mass is 16.1. The molecule has 4 nitrogen and oxygen atoms in total. The van der Waals surface area contributed by atoms with E-state index in [4.69, 9.17) is 0 Å². The van der Waals surface area contributed by atoms with Crippen LogP contribution in [0, 0.1) is 0 Å². The quantitative estimate of drug-likeness (QED) is 0.854. The minimum absolute atomic E-state index is 0.194. The molecule has 0 bridgehead atoms. The van der Waals surface area contributed by atoms with Gasteiger partial charge in [0.25, 0.3) is 5.91 Å². The van der Waals surface area contributed by atoms with Gasteiger partial charge >= 0.3 is 0 Å². The molecule has 2 aromatic rings. The highest BCUT2D eigenvalue weighted by Gasteiger charge is 2.08. The summed E-state index contributed by atoms with van der Waals surface area (Å²) in [5.74, 6) is -0.194. The molecule has 110 valence electrons. The van der Waals surface area contributed by atoms with Gasteiger partial charge in [-0.2, -0.15) is 0 Å². The summed E-state index contributed by atoms with van der Waals surface area (Å²) in [6, 6.07) is 13.5. The normalized spacial score (nSPS) is 11.9. The molecule has 0 saturated carbocycles. The predicted molar refractivity (Wildman–Crippen MR) is 85.3 cm³/mol. The Morgan fingerprint density at radius 2 is 1.95 bits per heavy atom. The van der Waals surface area contributed by atoms with Gasteiger partial charge in [0.1, 0.15) is 5.69 Å². The summed E-state index contributed by atoms with van der Waals surface area (Å²) in [6.45, 7) is 5.28. The van der Waals surface area contributed by atoms with Gasteiger partial charge in [-0.25, -0.2) is 0 Å². The Morgan fingerprint density at radius 3 is 2.57 bits per heavy atom. The SMILES string of the molecule is CCCNC(C)c1ccc(NC(=O)c2ccccn2)cc1. The van der Waals surface area contributed by atoms with Gasteiger partial charge in [-0.15, -0.1) is 0 Å². The number of nitrogens with zero attached hydrogens (tertiary/aromatic N) is 1. The number of carbonyl (C=O) groups excluding carboxylic acids is 1. The van der Waals surface area contributed by atoms with E-state index in [1.807, 2.05) is 24.3 Å². The lowest BCUT2D eigenvalue weighted by Crippen LogP contribution is -2.19. The lowest BCUT2D eigenvalue weighted by Gasteiger charge is -2.14. The van der Waals surface area contributed by atoms with Crippen LogP contribution in [-0.4, -0.2) is 17.4 Å². The topological polar surface area (TPSA) is 54.0 Å². The molecular formula is C17H21N3O. The molecule has 1 aromatic carbocycles. The summed E-state index contributed by atoms with van der Waals surface area (Å²) < 4.78 is 0. The van der Waals surface area contributed by atoms with Crippen LogP contribution in [0.5, 0.6) is 0 Å². The van der Waals surface area contributed by atoms with Gasteiger partial charge in [0.05, 0.1) is 0 Å². The number of aromatic nitrogens is 1. The van der Waals surface area contributed by atoms with Crippen LogP contribution in [0.25, 0.3) is 0 Å². The zero-order valence-corrected chi connectivity index (χ0v) is 12.5. The van der Waals surface area contributed by atoms with Crippen molar-refractivity contribution >= 4 is 11.6 Å². The highest BCUT2D eigenvalue weighted by Crippen LogP contribution is 2.16. The summed E-state index contributed by atoms with van der Waals surface area (Å²) in [6.07, 6.45) is 2.72. The zero-order valence-electron chi connectivity index (χ0n) is 12.5. The van der Waals surface area contributed by atoms with Gasteiger partial charge in [-0.1, -0.05) is 25.1 Å². The van der Waals surface area contributed by atoms with E-state index in [2.05, 4.69) is 29.5 Å². The smallest absolute Gasteiger partial charge is 0.274 e. The Balaban J connectivity index is 1.98. The fourth-order valence-electron chi connectivity index (χ4n) is 2.03. The second-order valence-electron chi connectivity index (χ2n) is 4.97. The van der Waals surface area contributed by atoms with Crippen LogP contribution < -0.4 is 10.6 Å². The molecule has 1 heterocycles. The fraction of sp³-hybridized carbons (Fsp3) is 0.294. The summed E-state index contributed by atoms with van der Waals surface area (Å²) in [5, 5.41) is 6.28. The van der Waals surface area contributed by atoms with Crippen molar-refractivity contribution in [3.63, 3.8) is 0 Å². The van der Waals surface area contributed by atoms with Crippen molar-refractivity contribution in [2.45, 2.75) is 26.3 Å². The summed E-state index contributed by atoms with van der Waals surface area (Å²) in [7, 11) is 0. The van der Waals surface area contributed by atoms with Crippen LogP contribution in [0.4, 0.5) is 5.69 Å². The van der Waals surface area contributed by atoms with E-state index in [1.165, 1.54) is 5.56 Å². The van der Waals surface area contributed by atoms with Crippen molar-refractivity contribution in [2.24, 2.45) is 0 Å². The molecule has 2 N–H and O–H groups in total. The second-order valence-corrected chi connectivity index (χ2v) is 4.97. The number of amides is 1. The van der Waals surface area contributed by atoms with Crippen LogP contribution in [-0.2, 0) is 0 Å². The first kappa shape index (κ1) is 15.2. The molecular weight excluding hydrogens is 262 g/mol. The maximum atomic E-state index is 12.0. The number of rotatable bonds is 6. The maximum Gasteiger partial charge on any atom is 0.274 e. The molecule has 1 amide bonds. The molecule has 0 fully saturated rings. The maximum absolute atomic E-state index is 12.0. The summed E-state index contributed by atoms with van der Waals surface area (Å²) in [5.41, 5.74) is 2.40. The molecule has 1 atom stereocenters. The first-order valence-electron chi connectivity index (χ1n) is 7.26. The molecule has 21 heavy (non-hydrogen) atoms. The third-order valence-corrected chi connectivity index (χ3v) is 3.27. The molecule has 0 aliphatic carbocycles. The van der Waals surface area contributed by atoms with Crippen molar-refractivity contribution in [3.05, 3.63) is 59.9 Å². The Labute approximate surface area is 125 Å². The number of benzene rings is 1. The molecule has 0 aliphatic rings. The van der Waals surface area contributed by atoms with Gasteiger partial charge < -0.3 is 10.6 Å². The first-order valence-corrected chi connectivity index (χ1v) is 7.26. The third kappa shape index (κ3) is 4.39. The number of pyridine rings is 1. The van der Waals surface area contributed by atoms with Crippen LogP contribution >= 0.6 is 0 Å². The van der Waals surface area contributed by atoms with Crippen molar-refractivity contribution in [1.29, 1.82) is 0 Å². The third-order valence-electron chi connectivity index (χ3n) is 3.27. The van der Waals surface area contributed by atoms with Gasteiger partial charge in [0, 0.05) is 17.9 Å². The molecule has 1 unspecified atom stereocenters. The minimum Gasteiger partial charge on any atom is -0.321 e. The molecule has 4 heteroatoms. The number of anilines is 1.